The first kappa shape index (κ1) is 79.1. The SMILES string of the molecule is CC/C=C\C/C=C\C/C=C\C/C=C\CCCCCCCCCCC(=O)OC(COC(=O)CCCCCCC/C=C\CCCC)COC(=O)CCCCCCCCCCCCCCCCCCCCCCCCCCCCCCCCCC. The van der Waals surface area contributed by atoms with E-state index in [2.05, 4.69) is 81.5 Å². The van der Waals surface area contributed by atoms with Crippen molar-refractivity contribution in [1.29, 1.82) is 0 Å². The summed E-state index contributed by atoms with van der Waals surface area (Å²) in [5.74, 6) is -0.874. The second-order valence-electron chi connectivity index (χ2n) is 24.5. The van der Waals surface area contributed by atoms with Crippen LogP contribution in [0.4, 0.5) is 0 Å². The zero-order chi connectivity index (χ0) is 59.2. The molecular weight excluding hydrogens is 1010 g/mol. The molecule has 0 aromatic carbocycles. The van der Waals surface area contributed by atoms with Crippen LogP contribution in [0.5, 0.6) is 0 Å². The average molecular weight is 1150 g/mol. The topological polar surface area (TPSA) is 78.9 Å². The molecule has 0 saturated heterocycles. The van der Waals surface area contributed by atoms with Crippen molar-refractivity contribution in [1.82, 2.24) is 0 Å². The largest absolute Gasteiger partial charge is 0.462 e. The van der Waals surface area contributed by atoms with Crippen LogP contribution in [0, 0.1) is 0 Å². The summed E-state index contributed by atoms with van der Waals surface area (Å²) in [7, 11) is 0. The van der Waals surface area contributed by atoms with Crippen LogP contribution in [0.25, 0.3) is 0 Å². The molecule has 0 fully saturated rings. The van der Waals surface area contributed by atoms with Gasteiger partial charge in [0, 0.05) is 19.3 Å². The number of unbranched alkanes of at least 4 members (excludes halogenated alkanes) is 46. The lowest BCUT2D eigenvalue weighted by atomic mass is 10.0. The maximum Gasteiger partial charge on any atom is 0.306 e. The van der Waals surface area contributed by atoms with Crippen molar-refractivity contribution in [3.8, 4) is 0 Å². The number of ether oxygens (including phenoxy) is 3. The Balaban J connectivity index is 4.11. The van der Waals surface area contributed by atoms with Crippen molar-refractivity contribution in [3.63, 3.8) is 0 Å². The van der Waals surface area contributed by atoms with Crippen LogP contribution in [-0.2, 0) is 28.6 Å². The Morgan fingerprint density at radius 3 is 0.793 bits per heavy atom. The highest BCUT2D eigenvalue weighted by Gasteiger charge is 2.19. The summed E-state index contributed by atoms with van der Waals surface area (Å²) < 4.78 is 16.9. The lowest BCUT2D eigenvalue weighted by molar-refractivity contribution is -0.167. The van der Waals surface area contributed by atoms with Crippen LogP contribution in [0.2, 0.25) is 0 Å². The number of esters is 3. The van der Waals surface area contributed by atoms with Crippen molar-refractivity contribution in [2.24, 2.45) is 0 Å². The molecule has 0 saturated carbocycles. The highest BCUT2D eigenvalue weighted by atomic mass is 16.6. The van der Waals surface area contributed by atoms with Gasteiger partial charge in [0.2, 0.25) is 0 Å². The smallest absolute Gasteiger partial charge is 0.306 e. The van der Waals surface area contributed by atoms with Crippen LogP contribution in [0.15, 0.2) is 60.8 Å². The minimum absolute atomic E-state index is 0.0767. The molecule has 0 heterocycles. The molecule has 6 heteroatoms. The Bertz CT molecular complexity index is 1460. The molecule has 0 bridgehead atoms. The van der Waals surface area contributed by atoms with Crippen LogP contribution in [0.1, 0.15) is 387 Å². The lowest BCUT2D eigenvalue weighted by Crippen LogP contribution is -2.30. The van der Waals surface area contributed by atoms with Crippen molar-refractivity contribution in [3.05, 3.63) is 60.8 Å². The molecule has 1 atom stereocenters. The van der Waals surface area contributed by atoms with E-state index in [0.717, 1.165) is 96.3 Å². The summed E-state index contributed by atoms with van der Waals surface area (Å²) in [6.45, 7) is 6.54. The summed E-state index contributed by atoms with van der Waals surface area (Å²) in [5.41, 5.74) is 0. The van der Waals surface area contributed by atoms with E-state index in [1.54, 1.807) is 0 Å². The molecule has 82 heavy (non-hydrogen) atoms. The lowest BCUT2D eigenvalue weighted by Gasteiger charge is -2.18. The third-order valence-electron chi connectivity index (χ3n) is 16.3. The molecule has 0 aliphatic carbocycles. The van der Waals surface area contributed by atoms with Gasteiger partial charge in [0.15, 0.2) is 6.10 Å². The summed E-state index contributed by atoms with van der Waals surface area (Å²) in [6, 6.07) is 0. The van der Waals surface area contributed by atoms with Crippen molar-refractivity contribution >= 4 is 17.9 Å². The number of allylic oxidation sites excluding steroid dienone is 10. The van der Waals surface area contributed by atoms with Gasteiger partial charge in [-0.05, 0) is 77.0 Å². The predicted octanol–water partition coefficient (Wildman–Crippen LogP) is 25.1. The molecule has 0 spiro atoms. The first-order valence-electron chi connectivity index (χ1n) is 36.3. The molecule has 0 aromatic heterocycles. The zero-order valence-corrected chi connectivity index (χ0v) is 55.0. The minimum atomic E-state index is -0.782. The number of carbonyl (C=O) groups is 3. The minimum Gasteiger partial charge on any atom is -0.462 e. The standard InChI is InChI=1S/C76H138O6/c1-4-7-10-13-16-19-22-24-26-28-30-32-33-34-35-36-37-38-39-40-41-42-44-45-47-49-51-54-57-60-63-66-69-75(78)81-72-73(71-80-74(77)68-65-62-59-56-53-21-18-15-12-9-6-3)82-76(79)70-67-64-61-58-55-52-50-48-46-43-31-29-27-25-23-20-17-14-11-8-5-2/h8,11,15,17-18,20,25,27,31,43,73H,4-7,9-10,12-14,16,19,21-24,26,28-30,32-42,44-72H2,1-3H3/b11-8-,18-15-,20-17-,27-25-,43-31-. The van der Waals surface area contributed by atoms with Gasteiger partial charge in [-0.15, -0.1) is 0 Å². The maximum atomic E-state index is 12.9. The fourth-order valence-electron chi connectivity index (χ4n) is 10.8. The van der Waals surface area contributed by atoms with E-state index in [1.807, 2.05) is 0 Å². The second kappa shape index (κ2) is 70.6. The molecule has 1 unspecified atom stereocenters. The fourth-order valence-corrected chi connectivity index (χ4v) is 10.8. The number of hydrogen-bond donors (Lipinski definition) is 0. The third-order valence-corrected chi connectivity index (χ3v) is 16.3. The van der Waals surface area contributed by atoms with Crippen LogP contribution in [0.3, 0.4) is 0 Å². The first-order chi connectivity index (χ1) is 40.5. The summed E-state index contributed by atoms with van der Waals surface area (Å²) >= 11 is 0. The van der Waals surface area contributed by atoms with E-state index in [-0.39, 0.29) is 31.1 Å². The maximum absolute atomic E-state index is 12.9. The molecule has 0 amide bonds. The summed E-state index contributed by atoms with van der Waals surface area (Å²) in [6.07, 6.45) is 91.4. The Morgan fingerprint density at radius 2 is 0.488 bits per heavy atom. The van der Waals surface area contributed by atoms with Crippen molar-refractivity contribution in [2.75, 3.05) is 13.2 Å². The zero-order valence-electron chi connectivity index (χ0n) is 55.0. The molecule has 478 valence electrons. The number of hydrogen-bond acceptors (Lipinski definition) is 6. The van der Waals surface area contributed by atoms with Crippen molar-refractivity contribution in [2.45, 2.75) is 393 Å². The summed E-state index contributed by atoms with van der Waals surface area (Å²) in [5, 5.41) is 0. The highest BCUT2D eigenvalue weighted by Crippen LogP contribution is 2.19. The molecular formula is C76H138O6. The average Bonchev–Trinajstić information content (AvgIpc) is 3.48. The molecule has 0 rings (SSSR count). The van der Waals surface area contributed by atoms with Crippen molar-refractivity contribution < 1.29 is 28.6 Å². The van der Waals surface area contributed by atoms with Gasteiger partial charge in [-0.3, -0.25) is 14.4 Å². The molecule has 0 radical (unpaired) electrons. The number of carbonyl (C=O) groups excluding carboxylic acids is 3. The van der Waals surface area contributed by atoms with Gasteiger partial charge in [-0.2, -0.15) is 0 Å². The van der Waals surface area contributed by atoms with E-state index in [1.165, 1.54) is 250 Å². The second-order valence-corrected chi connectivity index (χ2v) is 24.5. The molecule has 0 aromatic rings. The van der Waals surface area contributed by atoms with Gasteiger partial charge in [-0.25, -0.2) is 0 Å². The Labute approximate surface area is 510 Å². The number of rotatable bonds is 67. The quantitative estimate of drug-likeness (QED) is 0.0261. The van der Waals surface area contributed by atoms with Crippen LogP contribution in [-0.4, -0.2) is 37.2 Å². The van der Waals surface area contributed by atoms with Gasteiger partial charge < -0.3 is 14.2 Å². The first-order valence-corrected chi connectivity index (χ1v) is 36.3. The normalized spacial score (nSPS) is 12.4. The van der Waals surface area contributed by atoms with Crippen LogP contribution < -0.4 is 0 Å². The molecule has 0 aliphatic heterocycles. The molecule has 0 aliphatic rings. The van der Waals surface area contributed by atoms with Gasteiger partial charge >= 0.3 is 17.9 Å². The van der Waals surface area contributed by atoms with Crippen LogP contribution >= 0.6 is 0 Å². The van der Waals surface area contributed by atoms with Gasteiger partial charge in [0.05, 0.1) is 0 Å². The predicted molar refractivity (Wildman–Crippen MR) is 358 cm³/mol. The van der Waals surface area contributed by atoms with Gasteiger partial charge in [0.25, 0.3) is 0 Å². The third kappa shape index (κ3) is 67.9. The Morgan fingerprint density at radius 1 is 0.256 bits per heavy atom. The highest BCUT2D eigenvalue weighted by molar-refractivity contribution is 5.71. The van der Waals surface area contributed by atoms with Gasteiger partial charge in [-0.1, -0.05) is 351 Å². The van der Waals surface area contributed by atoms with Gasteiger partial charge in [0.1, 0.15) is 13.2 Å². The van der Waals surface area contributed by atoms with E-state index < -0.39 is 6.10 Å². The Hall–Kier alpha value is -2.89. The Kier molecular flexibility index (Phi) is 68.1. The molecule has 6 nitrogen and oxygen atoms in total. The monoisotopic (exact) mass is 1150 g/mol. The van der Waals surface area contributed by atoms with E-state index in [9.17, 15) is 14.4 Å². The van der Waals surface area contributed by atoms with E-state index in [4.69, 9.17) is 14.2 Å². The van der Waals surface area contributed by atoms with E-state index >= 15 is 0 Å². The van der Waals surface area contributed by atoms with E-state index in [0.29, 0.717) is 19.3 Å². The summed E-state index contributed by atoms with van der Waals surface area (Å²) in [4.78, 5) is 38.4. The molecule has 0 N–H and O–H groups in total. The fraction of sp³-hybridized carbons (Fsp3) is 0.829.